The van der Waals surface area contributed by atoms with Gasteiger partial charge in [-0.25, -0.2) is 18.9 Å². The molecule has 1 spiro atoms. The molecule has 212 valence electrons. The lowest BCUT2D eigenvalue weighted by molar-refractivity contribution is -0.144. The molecule has 9 nitrogen and oxygen atoms in total. The molecule has 0 aromatic heterocycles. The fraction of sp³-hybridized carbons (Fsp3) is 0.448. The summed E-state index contributed by atoms with van der Waals surface area (Å²) >= 11 is 3.43. The van der Waals surface area contributed by atoms with Gasteiger partial charge in [0, 0.05) is 35.1 Å². The fourth-order valence-electron chi connectivity index (χ4n) is 5.49. The first-order valence-corrected chi connectivity index (χ1v) is 14.0. The summed E-state index contributed by atoms with van der Waals surface area (Å²) in [6.07, 6.45) is 0.433. The van der Waals surface area contributed by atoms with Crippen LogP contribution in [0.25, 0.3) is 0 Å². The summed E-state index contributed by atoms with van der Waals surface area (Å²) in [6.45, 7) is 5.00. The van der Waals surface area contributed by atoms with Crippen molar-refractivity contribution < 1.29 is 33.0 Å². The van der Waals surface area contributed by atoms with Gasteiger partial charge in [-0.1, -0.05) is 34.1 Å². The van der Waals surface area contributed by atoms with E-state index in [1.54, 1.807) is 49.9 Å². The second kappa shape index (κ2) is 10.5. The lowest BCUT2D eigenvalue weighted by atomic mass is 9.85. The first-order valence-electron chi connectivity index (χ1n) is 13.2. The van der Waals surface area contributed by atoms with Gasteiger partial charge in [-0.3, -0.25) is 9.59 Å². The molecule has 3 aliphatic rings. The van der Waals surface area contributed by atoms with Gasteiger partial charge in [0.2, 0.25) is 11.5 Å². The third-order valence-electron chi connectivity index (χ3n) is 7.48. The minimum atomic E-state index is -1.42. The Morgan fingerprint density at radius 3 is 2.55 bits per heavy atom. The predicted octanol–water partition coefficient (Wildman–Crippen LogP) is 4.79. The second-order valence-corrected chi connectivity index (χ2v) is 12.4. The minimum absolute atomic E-state index is 0.155. The zero-order valence-electron chi connectivity index (χ0n) is 22.5. The number of nitrogens with zero attached hydrogens (tertiary/aromatic N) is 2. The molecule has 2 aliphatic carbocycles. The van der Waals surface area contributed by atoms with E-state index < -0.39 is 47.6 Å². The van der Waals surface area contributed by atoms with Crippen molar-refractivity contribution in [1.82, 2.24) is 15.1 Å². The molecule has 1 saturated carbocycles. The van der Waals surface area contributed by atoms with E-state index in [4.69, 9.17) is 9.47 Å². The van der Waals surface area contributed by atoms with Crippen LogP contribution in [0.1, 0.15) is 56.7 Å². The highest BCUT2D eigenvalue weighted by Gasteiger charge is 2.58. The zero-order chi connectivity index (χ0) is 28.8. The van der Waals surface area contributed by atoms with Crippen LogP contribution in [0, 0.1) is 5.82 Å². The van der Waals surface area contributed by atoms with Gasteiger partial charge in [0.15, 0.2) is 0 Å². The Morgan fingerprint density at radius 1 is 1.18 bits per heavy atom. The number of nitrogens with one attached hydrogen (secondary N) is 1. The molecular weight excluding hydrogens is 585 g/mol. The maximum absolute atomic E-state index is 13.6. The summed E-state index contributed by atoms with van der Waals surface area (Å²) in [6, 6.07) is 10.8. The number of rotatable bonds is 6. The molecule has 2 fully saturated rings. The number of hydrogen-bond acceptors (Lipinski definition) is 6. The summed E-state index contributed by atoms with van der Waals surface area (Å²) in [5.74, 6) is -1.39. The van der Waals surface area contributed by atoms with Crippen molar-refractivity contribution in [2.75, 3.05) is 6.54 Å². The highest BCUT2D eigenvalue weighted by Crippen LogP contribution is 2.46. The molecule has 4 amide bonds. The van der Waals surface area contributed by atoms with E-state index >= 15 is 0 Å². The molecule has 1 aliphatic heterocycles. The monoisotopic (exact) mass is 615 g/mol. The maximum atomic E-state index is 13.6. The largest absolute Gasteiger partial charge is 0.444 e. The number of carbonyl (C=O) groups is 4. The van der Waals surface area contributed by atoms with Crippen LogP contribution >= 0.6 is 15.9 Å². The lowest BCUT2D eigenvalue weighted by Gasteiger charge is -2.43. The Bertz CT molecular complexity index is 1350. The summed E-state index contributed by atoms with van der Waals surface area (Å²) < 4.78 is 25.4. The molecular formula is C29H31BrFN3O6. The first-order chi connectivity index (χ1) is 18.8. The van der Waals surface area contributed by atoms with Gasteiger partial charge in [0.05, 0.1) is 0 Å². The molecule has 2 aromatic carbocycles. The van der Waals surface area contributed by atoms with Gasteiger partial charge in [-0.2, -0.15) is 0 Å². The summed E-state index contributed by atoms with van der Waals surface area (Å²) in [4.78, 5) is 54.8. The van der Waals surface area contributed by atoms with Gasteiger partial charge >= 0.3 is 12.2 Å². The number of alkyl carbamates (subject to hydrolysis) is 1. The van der Waals surface area contributed by atoms with Crippen LogP contribution in [-0.4, -0.2) is 58.0 Å². The number of aryl methyl sites for hydroxylation is 1. The van der Waals surface area contributed by atoms with E-state index in [-0.39, 0.29) is 18.6 Å². The van der Waals surface area contributed by atoms with Crippen molar-refractivity contribution in [1.29, 1.82) is 0 Å². The maximum Gasteiger partial charge on any atom is 0.418 e. The number of hydrogen-bond donors (Lipinski definition) is 1. The predicted molar refractivity (Wildman–Crippen MR) is 145 cm³/mol. The Labute approximate surface area is 240 Å². The lowest BCUT2D eigenvalue weighted by Crippen LogP contribution is -2.57. The number of imide groups is 1. The highest BCUT2D eigenvalue weighted by atomic mass is 79.9. The van der Waals surface area contributed by atoms with E-state index in [2.05, 4.69) is 21.2 Å². The number of ether oxygens (including phenoxy) is 2. The minimum Gasteiger partial charge on any atom is -0.444 e. The Balaban J connectivity index is 1.30. The molecule has 0 bridgehead atoms. The van der Waals surface area contributed by atoms with E-state index in [0.717, 1.165) is 14.9 Å². The highest BCUT2D eigenvalue weighted by molar-refractivity contribution is 9.10. The van der Waals surface area contributed by atoms with E-state index in [1.807, 2.05) is 6.07 Å². The third-order valence-corrected chi connectivity index (χ3v) is 7.97. The second-order valence-electron chi connectivity index (χ2n) is 11.5. The summed E-state index contributed by atoms with van der Waals surface area (Å²) in [5.41, 5.74) is 0.193. The Hall–Kier alpha value is -3.47. The zero-order valence-corrected chi connectivity index (χ0v) is 24.1. The summed E-state index contributed by atoms with van der Waals surface area (Å²) in [7, 11) is 0. The van der Waals surface area contributed by atoms with Crippen molar-refractivity contribution in [3.05, 3.63) is 69.4 Å². The number of halogens is 2. The molecule has 11 heteroatoms. The molecule has 1 saturated heterocycles. The van der Waals surface area contributed by atoms with E-state index in [0.29, 0.717) is 36.8 Å². The van der Waals surface area contributed by atoms with Crippen molar-refractivity contribution in [3.8, 4) is 0 Å². The number of fused-ring (bicyclic) bond motifs is 2. The Kier molecular flexibility index (Phi) is 7.37. The molecule has 0 unspecified atom stereocenters. The van der Waals surface area contributed by atoms with E-state index in [9.17, 15) is 23.6 Å². The van der Waals surface area contributed by atoms with Gasteiger partial charge in [-0.05, 0) is 75.4 Å². The third kappa shape index (κ3) is 5.56. The average Bonchev–Trinajstić information content (AvgIpc) is 3.31. The molecule has 40 heavy (non-hydrogen) atoms. The van der Waals surface area contributed by atoms with Crippen LogP contribution in [0.2, 0.25) is 0 Å². The quantitative estimate of drug-likeness (QED) is 0.501. The number of carbonyl (C=O) groups excluding carboxylic acids is 4. The first kappa shape index (κ1) is 28.1. The van der Waals surface area contributed by atoms with Crippen LogP contribution < -0.4 is 5.32 Å². The number of benzene rings is 2. The van der Waals surface area contributed by atoms with Gasteiger partial charge < -0.3 is 19.7 Å². The topological polar surface area (TPSA) is 105 Å². The van der Waals surface area contributed by atoms with Gasteiger partial charge in [-0.15, -0.1) is 0 Å². The van der Waals surface area contributed by atoms with Crippen LogP contribution in [0.5, 0.6) is 0 Å². The molecule has 1 N–H and O–H groups in total. The Morgan fingerprint density at radius 2 is 1.88 bits per heavy atom. The van der Waals surface area contributed by atoms with Crippen molar-refractivity contribution in [2.24, 2.45) is 0 Å². The summed E-state index contributed by atoms with van der Waals surface area (Å²) in [5, 5.41) is 2.81. The smallest absolute Gasteiger partial charge is 0.418 e. The SMILES string of the molecule is CC(C)(C)OC(=O)NC1CC(N(Cc2ccc(F)cc2)C(=O)CN2C(=O)O[C@@]3(CCc4cc(Br)ccc43)C2=O)C1. The van der Waals surface area contributed by atoms with Crippen molar-refractivity contribution in [3.63, 3.8) is 0 Å². The molecule has 1 atom stereocenters. The van der Waals surface area contributed by atoms with Crippen molar-refractivity contribution in [2.45, 2.75) is 76.3 Å². The standard InChI is InChI=1S/C29H31BrFN3O6/c1-28(2,3)39-26(37)32-21-13-22(14-21)33(15-17-4-7-20(31)8-5-17)24(35)16-34-25(36)29(40-27(34)38)11-10-18-12-19(30)6-9-23(18)29/h4-9,12,21-22H,10-11,13-16H2,1-3H3,(H,32,37)/t21?,22?,29-/m1/s1. The average molecular weight is 616 g/mol. The molecule has 1 heterocycles. The van der Waals surface area contributed by atoms with Crippen LogP contribution in [0.3, 0.4) is 0 Å². The number of amides is 4. The molecule has 2 aromatic rings. The molecule has 0 radical (unpaired) electrons. The van der Waals surface area contributed by atoms with Crippen LogP contribution in [0.15, 0.2) is 46.9 Å². The molecule has 5 rings (SSSR count). The van der Waals surface area contributed by atoms with E-state index in [1.165, 1.54) is 12.1 Å². The van der Waals surface area contributed by atoms with Crippen LogP contribution in [0.4, 0.5) is 14.0 Å². The van der Waals surface area contributed by atoms with Crippen LogP contribution in [-0.2, 0) is 37.6 Å². The van der Waals surface area contributed by atoms with Gasteiger partial charge in [0.25, 0.3) is 5.91 Å². The van der Waals surface area contributed by atoms with Crippen molar-refractivity contribution >= 4 is 39.9 Å². The van der Waals surface area contributed by atoms with Gasteiger partial charge in [0.1, 0.15) is 18.0 Å². The fourth-order valence-corrected chi connectivity index (χ4v) is 5.90. The normalized spacial score (nSPS) is 23.5.